The van der Waals surface area contributed by atoms with E-state index in [-0.39, 0.29) is 15.7 Å². The van der Waals surface area contributed by atoms with E-state index in [1.165, 1.54) is 12.1 Å². The number of nitro groups is 1. The zero-order valence-electron chi connectivity index (χ0n) is 10.6. The first kappa shape index (κ1) is 14.6. The number of hydrogen-bond acceptors (Lipinski definition) is 4. The number of nitrogens with one attached hydrogen (secondary N) is 1. The predicted molar refractivity (Wildman–Crippen MR) is 79.4 cm³/mol. The van der Waals surface area contributed by atoms with E-state index in [4.69, 9.17) is 23.2 Å². The number of halogens is 2. The summed E-state index contributed by atoms with van der Waals surface area (Å²) in [5.41, 5.74) is 2.42. The summed E-state index contributed by atoms with van der Waals surface area (Å²) in [5.74, 6) is 0. The van der Waals surface area contributed by atoms with E-state index in [0.717, 1.165) is 11.1 Å². The maximum Gasteiger partial charge on any atom is 0.272 e. The van der Waals surface area contributed by atoms with Crippen LogP contribution >= 0.6 is 23.2 Å². The Morgan fingerprint density at radius 1 is 1.35 bits per heavy atom. The molecular weight excluding hydrogens is 301 g/mol. The van der Waals surface area contributed by atoms with Crippen molar-refractivity contribution in [2.45, 2.75) is 13.5 Å². The highest BCUT2D eigenvalue weighted by Crippen LogP contribution is 2.34. The van der Waals surface area contributed by atoms with Crippen LogP contribution in [0.4, 0.5) is 11.4 Å². The second-order valence-electron chi connectivity index (χ2n) is 4.20. The molecule has 0 aliphatic heterocycles. The van der Waals surface area contributed by atoms with Crippen molar-refractivity contribution in [1.82, 2.24) is 4.98 Å². The van der Waals surface area contributed by atoms with Crippen molar-refractivity contribution >= 4 is 34.6 Å². The lowest BCUT2D eigenvalue weighted by Gasteiger charge is -2.11. The highest BCUT2D eigenvalue weighted by atomic mass is 35.5. The molecular formula is C13H11Cl2N3O2. The highest BCUT2D eigenvalue weighted by Gasteiger charge is 2.14. The molecule has 0 spiro atoms. The van der Waals surface area contributed by atoms with Crippen LogP contribution in [0.3, 0.4) is 0 Å². The molecule has 0 unspecified atom stereocenters. The Kier molecular flexibility index (Phi) is 4.42. The molecule has 1 N–H and O–H groups in total. The smallest absolute Gasteiger partial charge is 0.272 e. The molecule has 7 heteroatoms. The number of pyridine rings is 1. The molecule has 0 saturated carbocycles. The van der Waals surface area contributed by atoms with Gasteiger partial charge in [0.15, 0.2) is 0 Å². The van der Waals surface area contributed by atoms with Crippen molar-refractivity contribution in [3.05, 3.63) is 61.9 Å². The molecule has 2 aromatic rings. The average Bonchev–Trinajstić information content (AvgIpc) is 2.39. The summed E-state index contributed by atoms with van der Waals surface area (Å²) < 4.78 is 0. The van der Waals surface area contributed by atoms with Gasteiger partial charge in [0, 0.05) is 31.1 Å². The van der Waals surface area contributed by atoms with Gasteiger partial charge >= 0.3 is 0 Å². The normalized spacial score (nSPS) is 10.3. The average molecular weight is 312 g/mol. The minimum Gasteiger partial charge on any atom is -0.378 e. The number of aryl methyl sites for hydroxylation is 1. The maximum absolute atomic E-state index is 10.7. The molecule has 5 nitrogen and oxygen atoms in total. The lowest BCUT2D eigenvalue weighted by atomic mass is 10.1. The summed E-state index contributed by atoms with van der Waals surface area (Å²) in [6.07, 6.45) is 3.46. The van der Waals surface area contributed by atoms with Crippen LogP contribution in [0.1, 0.15) is 11.1 Å². The predicted octanol–water partition coefficient (Wildman–Crippen LogP) is 4.22. The van der Waals surface area contributed by atoms with E-state index in [2.05, 4.69) is 10.3 Å². The van der Waals surface area contributed by atoms with Gasteiger partial charge in [-0.15, -0.1) is 0 Å². The molecule has 0 amide bonds. The summed E-state index contributed by atoms with van der Waals surface area (Å²) in [5, 5.41) is 14.2. The first-order valence-corrected chi connectivity index (χ1v) is 6.51. The molecule has 0 fully saturated rings. The first-order valence-electron chi connectivity index (χ1n) is 5.76. The lowest BCUT2D eigenvalue weighted by Crippen LogP contribution is -2.03. The Balaban J connectivity index is 2.22. The number of rotatable bonds is 4. The maximum atomic E-state index is 10.7. The molecule has 1 heterocycles. The highest BCUT2D eigenvalue weighted by molar-refractivity contribution is 6.39. The standard InChI is InChI=1S/C13H11Cl2N3O2/c1-8-2-3-16-6-9(8)7-17-13-11(14)4-10(18(19)20)5-12(13)15/h2-6,17H,7H2,1H3. The van der Waals surface area contributed by atoms with Gasteiger partial charge in [0.2, 0.25) is 0 Å². The number of anilines is 1. The van der Waals surface area contributed by atoms with E-state index in [1.54, 1.807) is 12.4 Å². The van der Waals surface area contributed by atoms with Gasteiger partial charge < -0.3 is 5.32 Å². The third-order valence-corrected chi connectivity index (χ3v) is 3.44. The van der Waals surface area contributed by atoms with E-state index in [0.29, 0.717) is 12.2 Å². The summed E-state index contributed by atoms with van der Waals surface area (Å²) in [4.78, 5) is 14.2. The summed E-state index contributed by atoms with van der Waals surface area (Å²) in [6.45, 7) is 2.45. The lowest BCUT2D eigenvalue weighted by molar-refractivity contribution is -0.384. The molecule has 0 radical (unpaired) electrons. The van der Waals surface area contributed by atoms with Crippen LogP contribution in [0.25, 0.3) is 0 Å². The molecule has 0 atom stereocenters. The molecule has 0 bridgehead atoms. The first-order chi connectivity index (χ1) is 9.49. The third-order valence-electron chi connectivity index (χ3n) is 2.84. The minimum atomic E-state index is -0.535. The Labute approximate surface area is 125 Å². The van der Waals surface area contributed by atoms with Crippen molar-refractivity contribution in [3.8, 4) is 0 Å². The monoisotopic (exact) mass is 311 g/mol. The zero-order chi connectivity index (χ0) is 14.7. The number of aromatic nitrogens is 1. The van der Waals surface area contributed by atoms with Gasteiger partial charge in [-0.1, -0.05) is 23.2 Å². The third kappa shape index (κ3) is 3.18. The van der Waals surface area contributed by atoms with E-state index < -0.39 is 4.92 Å². The van der Waals surface area contributed by atoms with Gasteiger partial charge in [-0.25, -0.2) is 0 Å². The molecule has 0 aliphatic carbocycles. The topological polar surface area (TPSA) is 68.1 Å². The van der Waals surface area contributed by atoms with Crippen molar-refractivity contribution in [3.63, 3.8) is 0 Å². The fraction of sp³-hybridized carbons (Fsp3) is 0.154. The second-order valence-corrected chi connectivity index (χ2v) is 5.01. The van der Waals surface area contributed by atoms with Crippen LogP contribution in [0.5, 0.6) is 0 Å². The summed E-state index contributed by atoms with van der Waals surface area (Å²) >= 11 is 12.0. The number of nitro benzene ring substituents is 1. The van der Waals surface area contributed by atoms with Crippen LogP contribution in [0.2, 0.25) is 10.0 Å². The van der Waals surface area contributed by atoms with Gasteiger partial charge in [0.05, 0.1) is 20.7 Å². The fourth-order valence-electron chi connectivity index (χ4n) is 1.70. The number of nitrogens with zero attached hydrogens (tertiary/aromatic N) is 2. The molecule has 0 aliphatic rings. The summed E-state index contributed by atoms with van der Waals surface area (Å²) in [6, 6.07) is 4.44. The molecule has 104 valence electrons. The van der Waals surface area contributed by atoms with Gasteiger partial charge in [0.25, 0.3) is 5.69 Å². The Morgan fingerprint density at radius 3 is 2.55 bits per heavy atom. The quantitative estimate of drug-likeness (QED) is 0.678. The largest absolute Gasteiger partial charge is 0.378 e. The van der Waals surface area contributed by atoms with Crippen molar-refractivity contribution in [1.29, 1.82) is 0 Å². The minimum absolute atomic E-state index is 0.136. The Bertz CT molecular complexity index is 639. The van der Waals surface area contributed by atoms with Gasteiger partial charge in [-0.05, 0) is 24.1 Å². The van der Waals surface area contributed by atoms with Crippen LogP contribution in [-0.4, -0.2) is 9.91 Å². The molecule has 2 rings (SSSR count). The number of hydrogen-bond donors (Lipinski definition) is 1. The van der Waals surface area contributed by atoms with Crippen LogP contribution in [-0.2, 0) is 6.54 Å². The van der Waals surface area contributed by atoms with Crippen molar-refractivity contribution < 1.29 is 4.92 Å². The van der Waals surface area contributed by atoms with Crippen LogP contribution in [0.15, 0.2) is 30.6 Å². The number of benzene rings is 1. The molecule has 20 heavy (non-hydrogen) atoms. The Hall–Kier alpha value is -1.85. The molecule has 0 saturated heterocycles. The van der Waals surface area contributed by atoms with E-state index >= 15 is 0 Å². The van der Waals surface area contributed by atoms with Gasteiger partial charge in [-0.3, -0.25) is 15.1 Å². The SMILES string of the molecule is Cc1ccncc1CNc1c(Cl)cc([N+](=O)[O-])cc1Cl. The van der Waals surface area contributed by atoms with E-state index in [1.807, 2.05) is 13.0 Å². The van der Waals surface area contributed by atoms with Gasteiger partial charge in [-0.2, -0.15) is 0 Å². The summed E-state index contributed by atoms with van der Waals surface area (Å²) in [7, 11) is 0. The zero-order valence-corrected chi connectivity index (χ0v) is 12.1. The van der Waals surface area contributed by atoms with Crippen LogP contribution < -0.4 is 5.32 Å². The van der Waals surface area contributed by atoms with Gasteiger partial charge in [0.1, 0.15) is 0 Å². The molecule has 1 aromatic heterocycles. The van der Waals surface area contributed by atoms with Crippen LogP contribution in [0, 0.1) is 17.0 Å². The molecule has 1 aromatic carbocycles. The van der Waals surface area contributed by atoms with E-state index in [9.17, 15) is 10.1 Å². The Morgan fingerprint density at radius 2 is 2.00 bits per heavy atom. The number of non-ortho nitro benzene ring substituents is 1. The van der Waals surface area contributed by atoms with Crippen molar-refractivity contribution in [2.24, 2.45) is 0 Å². The second kappa shape index (κ2) is 6.07. The fourth-order valence-corrected chi connectivity index (χ4v) is 2.31. The van der Waals surface area contributed by atoms with Crippen molar-refractivity contribution in [2.75, 3.05) is 5.32 Å².